The summed E-state index contributed by atoms with van der Waals surface area (Å²) in [6, 6.07) is 14.8. The van der Waals surface area contributed by atoms with Crippen LogP contribution in [0, 0.1) is 0 Å². The van der Waals surface area contributed by atoms with E-state index >= 15 is 0 Å². The van der Waals surface area contributed by atoms with Gasteiger partial charge in [-0.15, -0.1) is 5.10 Å². The first kappa shape index (κ1) is 19.1. The van der Waals surface area contributed by atoms with E-state index in [1.165, 1.54) is 12.7 Å². The fraction of sp³-hybridized carbons (Fsp3) is 0.200. The Bertz CT molecular complexity index is 914. The average Bonchev–Trinajstić information content (AvgIpc) is 2.74. The van der Waals surface area contributed by atoms with Crippen LogP contribution < -0.4 is 15.4 Å². The Morgan fingerprint density at radius 3 is 2.46 bits per heavy atom. The summed E-state index contributed by atoms with van der Waals surface area (Å²) >= 11 is 0. The molecule has 0 saturated heterocycles. The molecule has 144 valence electrons. The van der Waals surface area contributed by atoms with Crippen molar-refractivity contribution >= 4 is 23.4 Å². The minimum Gasteiger partial charge on any atom is -0.497 e. The molecule has 8 heteroatoms. The summed E-state index contributed by atoms with van der Waals surface area (Å²) in [5, 5.41) is 14.2. The fourth-order valence-electron chi connectivity index (χ4n) is 2.51. The molecule has 1 aromatic heterocycles. The molecule has 0 radical (unpaired) electrons. The summed E-state index contributed by atoms with van der Waals surface area (Å²) in [5.41, 5.74) is 2.41. The van der Waals surface area contributed by atoms with Crippen molar-refractivity contribution in [3.63, 3.8) is 0 Å². The minimum atomic E-state index is -0.382. The summed E-state index contributed by atoms with van der Waals surface area (Å²) in [6.45, 7) is 0.707. The number of hydrogen-bond acceptors (Lipinski definition) is 8. The molecule has 0 spiro atoms. The van der Waals surface area contributed by atoms with Crippen molar-refractivity contribution in [2.75, 3.05) is 31.4 Å². The normalized spacial score (nSPS) is 10.2. The average molecular weight is 379 g/mol. The van der Waals surface area contributed by atoms with Crippen molar-refractivity contribution in [2.45, 2.75) is 6.42 Å². The monoisotopic (exact) mass is 379 g/mol. The zero-order valence-corrected chi connectivity index (χ0v) is 15.7. The first-order valence-corrected chi connectivity index (χ1v) is 8.70. The quantitative estimate of drug-likeness (QED) is 0.576. The third kappa shape index (κ3) is 5.16. The molecule has 28 heavy (non-hydrogen) atoms. The van der Waals surface area contributed by atoms with Crippen LogP contribution in [-0.2, 0) is 11.2 Å². The number of benzene rings is 2. The number of ether oxygens (including phenoxy) is 2. The molecule has 0 atom stereocenters. The molecule has 0 unspecified atom stereocenters. The number of hydrogen-bond donors (Lipinski definition) is 2. The van der Waals surface area contributed by atoms with Crippen LogP contribution in [0.15, 0.2) is 54.7 Å². The Kier molecular flexibility index (Phi) is 6.35. The highest BCUT2D eigenvalue weighted by molar-refractivity contribution is 5.89. The van der Waals surface area contributed by atoms with Crippen LogP contribution in [0.2, 0.25) is 0 Å². The van der Waals surface area contributed by atoms with Gasteiger partial charge in [0.25, 0.3) is 0 Å². The number of rotatable bonds is 8. The fourth-order valence-corrected chi connectivity index (χ4v) is 2.51. The van der Waals surface area contributed by atoms with Gasteiger partial charge in [0.2, 0.25) is 5.95 Å². The number of anilines is 3. The predicted molar refractivity (Wildman–Crippen MR) is 106 cm³/mol. The minimum absolute atomic E-state index is 0.361. The Labute approximate surface area is 162 Å². The third-order valence-corrected chi connectivity index (χ3v) is 4.00. The second-order valence-electron chi connectivity index (χ2n) is 5.88. The smallest absolute Gasteiger partial charge is 0.337 e. The van der Waals surface area contributed by atoms with Gasteiger partial charge >= 0.3 is 5.97 Å². The standard InChI is InChI=1S/C20H21N5O3/c1-27-17-9-3-14(4-10-17)11-12-21-18-13-22-25-20(24-18)23-16-7-5-15(6-8-16)19(26)28-2/h3-10,13H,11-12H2,1-2H3,(H2,21,23,24,25). The molecule has 1 heterocycles. The Hall–Kier alpha value is -3.68. The van der Waals surface area contributed by atoms with E-state index in [-0.39, 0.29) is 5.97 Å². The summed E-state index contributed by atoms with van der Waals surface area (Å²) in [4.78, 5) is 15.9. The van der Waals surface area contributed by atoms with Gasteiger partial charge in [0.15, 0.2) is 5.82 Å². The first-order chi connectivity index (χ1) is 13.7. The van der Waals surface area contributed by atoms with Crippen molar-refractivity contribution in [1.29, 1.82) is 0 Å². The van der Waals surface area contributed by atoms with Crippen molar-refractivity contribution in [1.82, 2.24) is 15.2 Å². The van der Waals surface area contributed by atoms with Crippen molar-refractivity contribution < 1.29 is 14.3 Å². The predicted octanol–water partition coefficient (Wildman–Crippen LogP) is 3.07. The topological polar surface area (TPSA) is 98.3 Å². The lowest BCUT2D eigenvalue weighted by Gasteiger charge is -2.08. The number of nitrogens with one attached hydrogen (secondary N) is 2. The highest BCUT2D eigenvalue weighted by Crippen LogP contribution is 2.15. The third-order valence-electron chi connectivity index (χ3n) is 4.00. The van der Waals surface area contributed by atoms with Gasteiger partial charge < -0.3 is 20.1 Å². The molecule has 0 bridgehead atoms. The maximum atomic E-state index is 11.5. The van der Waals surface area contributed by atoms with Gasteiger partial charge in [0.1, 0.15) is 5.75 Å². The van der Waals surface area contributed by atoms with Crippen LogP contribution in [0.25, 0.3) is 0 Å². The number of nitrogens with zero attached hydrogens (tertiary/aromatic N) is 3. The van der Waals surface area contributed by atoms with E-state index in [1.54, 1.807) is 37.6 Å². The van der Waals surface area contributed by atoms with E-state index in [0.717, 1.165) is 17.9 Å². The maximum absolute atomic E-state index is 11.5. The van der Waals surface area contributed by atoms with E-state index in [2.05, 4.69) is 30.6 Å². The van der Waals surface area contributed by atoms with E-state index < -0.39 is 0 Å². The van der Waals surface area contributed by atoms with Gasteiger partial charge in [-0.1, -0.05) is 12.1 Å². The van der Waals surface area contributed by atoms with Crippen molar-refractivity contribution in [3.8, 4) is 5.75 Å². The summed E-state index contributed by atoms with van der Waals surface area (Å²) in [7, 11) is 3.00. The van der Waals surface area contributed by atoms with Gasteiger partial charge in [0, 0.05) is 12.2 Å². The van der Waals surface area contributed by atoms with Crippen LogP contribution in [-0.4, -0.2) is 41.9 Å². The van der Waals surface area contributed by atoms with Crippen LogP contribution in [0.1, 0.15) is 15.9 Å². The highest BCUT2D eigenvalue weighted by Gasteiger charge is 2.06. The molecule has 3 rings (SSSR count). The second kappa shape index (κ2) is 9.31. The molecule has 0 saturated carbocycles. The molecule has 0 aliphatic rings. The second-order valence-corrected chi connectivity index (χ2v) is 5.88. The van der Waals surface area contributed by atoms with Gasteiger partial charge in [-0.05, 0) is 48.4 Å². The van der Waals surface area contributed by atoms with Crippen LogP contribution >= 0.6 is 0 Å². The molecule has 0 fully saturated rings. The van der Waals surface area contributed by atoms with E-state index in [1.807, 2.05) is 24.3 Å². The maximum Gasteiger partial charge on any atom is 0.337 e. The van der Waals surface area contributed by atoms with E-state index in [4.69, 9.17) is 4.74 Å². The Morgan fingerprint density at radius 1 is 1.04 bits per heavy atom. The van der Waals surface area contributed by atoms with Crippen LogP contribution in [0.4, 0.5) is 17.5 Å². The molecule has 2 N–H and O–H groups in total. The van der Waals surface area contributed by atoms with E-state index in [0.29, 0.717) is 23.9 Å². The number of esters is 1. The van der Waals surface area contributed by atoms with Crippen molar-refractivity contribution in [2.24, 2.45) is 0 Å². The number of aromatic nitrogens is 3. The summed E-state index contributed by atoms with van der Waals surface area (Å²) in [5.74, 6) is 1.44. The largest absolute Gasteiger partial charge is 0.497 e. The van der Waals surface area contributed by atoms with Crippen molar-refractivity contribution in [3.05, 3.63) is 65.9 Å². The van der Waals surface area contributed by atoms with Gasteiger partial charge in [0.05, 0.1) is 26.0 Å². The summed E-state index contributed by atoms with van der Waals surface area (Å²) < 4.78 is 9.84. The number of carbonyl (C=O) groups is 1. The molecule has 8 nitrogen and oxygen atoms in total. The van der Waals surface area contributed by atoms with Crippen LogP contribution in [0.3, 0.4) is 0 Å². The Balaban J connectivity index is 1.55. The zero-order chi connectivity index (χ0) is 19.8. The lowest BCUT2D eigenvalue weighted by Crippen LogP contribution is -2.09. The molecular weight excluding hydrogens is 358 g/mol. The zero-order valence-electron chi connectivity index (χ0n) is 15.7. The molecule has 0 aliphatic heterocycles. The highest BCUT2D eigenvalue weighted by atomic mass is 16.5. The first-order valence-electron chi connectivity index (χ1n) is 8.70. The molecule has 0 amide bonds. The van der Waals surface area contributed by atoms with Gasteiger partial charge in [-0.25, -0.2) is 4.79 Å². The van der Waals surface area contributed by atoms with Gasteiger partial charge in [-0.3, -0.25) is 0 Å². The molecule has 3 aromatic rings. The van der Waals surface area contributed by atoms with Crippen LogP contribution in [0.5, 0.6) is 5.75 Å². The number of methoxy groups -OCH3 is 2. The summed E-state index contributed by atoms with van der Waals surface area (Å²) in [6.07, 6.45) is 2.41. The molecule has 0 aliphatic carbocycles. The lowest BCUT2D eigenvalue weighted by atomic mass is 10.1. The lowest BCUT2D eigenvalue weighted by molar-refractivity contribution is 0.0601. The molecular formula is C20H21N5O3. The number of carbonyl (C=O) groups excluding carboxylic acids is 1. The van der Waals surface area contributed by atoms with E-state index in [9.17, 15) is 4.79 Å². The molecule has 2 aromatic carbocycles. The SMILES string of the molecule is COC(=O)c1ccc(Nc2nncc(NCCc3ccc(OC)cc3)n2)cc1. The Morgan fingerprint density at radius 2 is 1.79 bits per heavy atom. The van der Waals surface area contributed by atoms with Gasteiger partial charge in [-0.2, -0.15) is 10.1 Å².